The Kier molecular flexibility index (Phi) is 3.59. The van der Waals surface area contributed by atoms with Gasteiger partial charge >= 0.3 is 0 Å². The Morgan fingerprint density at radius 1 is 1.20 bits per heavy atom. The van der Waals surface area contributed by atoms with Gasteiger partial charge in [0.05, 0.1) is 0 Å². The third-order valence-electron chi connectivity index (χ3n) is 3.34. The highest BCUT2D eigenvalue weighted by Gasteiger charge is 2.44. The molecule has 1 aromatic carbocycles. The van der Waals surface area contributed by atoms with Gasteiger partial charge in [0.2, 0.25) is 5.91 Å². The van der Waals surface area contributed by atoms with Crippen molar-refractivity contribution in [3.8, 4) is 0 Å². The van der Waals surface area contributed by atoms with Crippen molar-refractivity contribution in [3.05, 3.63) is 52.4 Å². The van der Waals surface area contributed by atoms with Gasteiger partial charge in [-0.2, -0.15) is 0 Å². The van der Waals surface area contributed by atoms with Crippen molar-refractivity contribution in [1.29, 1.82) is 0 Å². The van der Waals surface area contributed by atoms with Crippen molar-refractivity contribution in [3.63, 3.8) is 0 Å². The summed E-state index contributed by atoms with van der Waals surface area (Å²) in [6, 6.07) is 9.98. The quantitative estimate of drug-likeness (QED) is 0.883. The van der Waals surface area contributed by atoms with E-state index < -0.39 is 0 Å². The molecule has 1 aliphatic rings. The normalized spacial score (nSPS) is 20.5. The summed E-state index contributed by atoms with van der Waals surface area (Å²) < 4.78 is 0. The van der Waals surface area contributed by atoms with E-state index in [1.54, 1.807) is 0 Å². The third kappa shape index (κ3) is 2.62. The maximum absolute atomic E-state index is 12.1. The number of amides is 1. The van der Waals surface area contributed by atoms with E-state index in [-0.39, 0.29) is 33.7 Å². The SMILES string of the molecule is O=C(Nc1ncnc(Cl)c1Cl)C1CC1c1ccccc1. The average molecular weight is 308 g/mol. The van der Waals surface area contributed by atoms with Crippen LogP contribution in [0.15, 0.2) is 36.7 Å². The second-order valence-corrected chi connectivity index (χ2v) is 5.41. The van der Waals surface area contributed by atoms with Crippen LogP contribution < -0.4 is 5.32 Å². The molecule has 6 heteroatoms. The van der Waals surface area contributed by atoms with Gasteiger partial charge in [0.1, 0.15) is 11.3 Å². The molecule has 1 amide bonds. The van der Waals surface area contributed by atoms with E-state index in [1.807, 2.05) is 30.3 Å². The zero-order valence-electron chi connectivity index (χ0n) is 10.4. The number of carbonyl (C=O) groups excluding carboxylic acids is 1. The van der Waals surface area contributed by atoms with Gasteiger partial charge in [-0.25, -0.2) is 9.97 Å². The van der Waals surface area contributed by atoms with Gasteiger partial charge in [0.15, 0.2) is 11.0 Å². The van der Waals surface area contributed by atoms with E-state index in [1.165, 1.54) is 11.9 Å². The van der Waals surface area contributed by atoms with Gasteiger partial charge in [-0.3, -0.25) is 4.79 Å². The monoisotopic (exact) mass is 307 g/mol. The molecule has 1 N–H and O–H groups in total. The van der Waals surface area contributed by atoms with Crippen molar-refractivity contribution >= 4 is 34.9 Å². The van der Waals surface area contributed by atoms with Crippen molar-refractivity contribution in [1.82, 2.24) is 9.97 Å². The van der Waals surface area contributed by atoms with Gasteiger partial charge in [-0.05, 0) is 17.9 Å². The lowest BCUT2D eigenvalue weighted by Gasteiger charge is -2.06. The minimum atomic E-state index is -0.0875. The number of rotatable bonds is 3. The zero-order chi connectivity index (χ0) is 14.1. The summed E-state index contributed by atoms with van der Waals surface area (Å²) in [5, 5.41) is 3.00. The molecule has 0 radical (unpaired) electrons. The Morgan fingerprint density at radius 3 is 2.70 bits per heavy atom. The maximum Gasteiger partial charge on any atom is 0.229 e. The first-order valence-electron chi connectivity index (χ1n) is 6.18. The molecule has 2 atom stereocenters. The Labute approximate surface area is 126 Å². The molecule has 0 aliphatic heterocycles. The number of carbonyl (C=O) groups is 1. The first-order chi connectivity index (χ1) is 9.66. The number of nitrogens with zero attached hydrogens (tertiary/aromatic N) is 2. The average Bonchev–Trinajstić information content (AvgIpc) is 3.25. The second kappa shape index (κ2) is 5.38. The lowest BCUT2D eigenvalue weighted by atomic mass is 10.1. The highest BCUT2D eigenvalue weighted by atomic mass is 35.5. The van der Waals surface area contributed by atoms with Gasteiger partial charge in [-0.15, -0.1) is 0 Å². The molecule has 0 spiro atoms. The minimum Gasteiger partial charge on any atom is -0.309 e. The zero-order valence-corrected chi connectivity index (χ0v) is 11.9. The molecule has 2 aromatic rings. The van der Waals surface area contributed by atoms with E-state index in [2.05, 4.69) is 15.3 Å². The predicted octanol–water partition coefficient (Wildman–Crippen LogP) is 3.53. The van der Waals surface area contributed by atoms with Crippen molar-refractivity contribution in [2.45, 2.75) is 12.3 Å². The van der Waals surface area contributed by atoms with Crippen LogP contribution in [-0.4, -0.2) is 15.9 Å². The van der Waals surface area contributed by atoms with Crippen LogP contribution in [0.4, 0.5) is 5.82 Å². The Morgan fingerprint density at radius 2 is 1.95 bits per heavy atom. The molecule has 1 fully saturated rings. The predicted molar refractivity (Wildman–Crippen MR) is 78.0 cm³/mol. The van der Waals surface area contributed by atoms with Crippen LogP contribution in [0.3, 0.4) is 0 Å². The fraction of sp³-hybridized carbons (Fsp3) is 0.214. The molecule has 1 aliphatic carbocycles. The molecule has 20 heavy (non-hydrogen) atoms. The van der Waals surface area contributed by atoms with Gasteiger partial charge in [0, 0.05) is 5.92 Å². The summed E-state index contributed by atoms with van der Waals surface area (Å²) in [5.41, 5.74) is 1.18. The molecule has 3 rings (SSSR count). The molecule has 1 saturated carbocycles. The Hall–Kier alpha value is -1.65. The molecular formula is C14H11Cl2N3O. The van der Waals surface area contributed by atoms with E-state index in [0.29, 0.717) is 0 Å². The fourth-order valence-corrected chi connectivity index (χ4v) is 2.48. The van der Waals surface area contributed by atoms with E-state index in [9.17, 15) is 4.79 Å². The number of halogens is 2. The van der Waals surface area contributed by atoms with Gasteiger partial charge in [-0.1, -0.05) is 53.5 Å². The number of hydrogen-bond acceptors (Lipinski definition) is 3. The van der Waals surface area contributed by atoms with Crippen LogP contribution in [-0.2, 0) is 4.79 Å². The summed E-state index contributed by atoms with van der Waals surface area (Å²) >= 11 is 11.7. The number of nitrogens with one attached hydrogen (secondary N) is 1. The van der Waals surface area contributed by atoms with Crippen LogP contribution >= 0.6 is 23.2 Å². The van der Waals surface area contributed by atoms with Crippen LogP contribution in [0.5, 0.6) is 0 Å². The number of anilines is 1. The Bertz CT molecular complexity index is 648. The van der Waals surface area contributed by atoms with Crippen LogP contribution in [0.2, 0.25) is 10.2 Å². The van der Waals surface area contributed by atoms with Crippen LogP contribution in [0.25, 0.3) is 0 Å². The van der Waals surface area contributed by atoms with Crippen molar-refractivity contribution in [2.24, 2.45) is 5.92 Å². The summed E-state index contributed by atoms with van der Waals surface area (Å²) in [4.78, 5) is 19.8. The lowest BCUT2D eigenvalue weighted by Crippen LogP contribution is -2.16. The lowest BCUT2D eigenvalue weighted by molar-refractivity contribution is -0.117. The summed E-state index contributed by atoms with van der Waals surface area (Å²) in [6.07, 6.45) is 2.11. The molecule has 4 nitrogen and oxygen atoms in total. The van der Waals surface area contributed by atoms with Gasteiger partial charge < -0.3 is 5.32 Å². The molecule has 1 aromatic heterocycles. The molecule has 0 bridgehead atoms. The van der Waals surface area contributed by atoms with E-state index in [0.717, 1.165) is 6.42 Å². The van der Waals surface area contributed by atoms with Crippen molar-refractivity contribution < 1.29 is 4.79 Å². The Balaban J connectivity index is 1.69. The van der Waals surface area contributed by atoms with Crippen molar-refractivity contribution in [2.75, 3.05) is 5.32 Å². The topological polar surface area (TPSA) is 54.9 Å². The smallest absolute Gasteiger partial charge is 0.229 e. The summed E-state index contributed by atoms with van der Waals surface area (Å²) in [5.74, 6) is 0.403. The number of aromatic nitrogens is 2. The van der Waals surface area contributed by atoms with Crippen LogP contribution in [0.1, 0.15) is 17.9 Å². The fourth-order valence-electron chi connectivity index (χ4n) is 2.20. The first-order valence-corrected chi connectivity index (χ1v) is 6.94. The molecule has 0 saturated heterocycles. The molecular weight excluding hydrogens is 297 g/mol. The first kappa shape index (κ1) is 13.3. The third-order valence-corrected chi connectivity index (χ3v) is 4.08. The molecule has 102 valence electrons. The van der Waals surface area contributed by atoms with E-state index in [4.69, 9.17) is 23.2 Å². The summed E-state index contributed by atoms with van der Waals surface area (Å²) in [7, 11) is 0. The van der Waals surface area contributed by atoms with Crippen LogP contribution in [0, 0.1) is 5.92 Å². The minimum absolute atomic E-state index is 0.0396. The highest BCUT2D eigenvalue weighted by molar-refractivity contribution is 6.42. The highest BCUT2D eigenvalue weighted by Crippen LogP contribution is 2.48. The summed E-state index contributed by atoms with van der Waals surface area (Å²) in [6.45, 7) is 0. The standard InChI is InChI=1S/C14H11Cl2N3O/c15-11-12(16)17-7-18-13(11)19-14(20)10-6-9(10)8-4-2-1-3-5-8/h1-5,7,9-10H,6H2,(H,17,18,19,20). The number of benzene rings is 1. The number of hydrogen-bond donors (Lipinski definition) is 1. The largest absolute Gasteiger partial charge is 0.309 e. The molecule has 2 unspecified atom stereocenters. The maximum atomic E-state index is 12.1. The van der Waals surface area contributed by atoms with Gasteiger partial charge in [0.25, 0.3) is 0 Å². The molecule has 1 heterocycles. The van der Waals surface area contributed by atoms with E-state index >= 15 is 0 Å². The second-order valence-electron chi connectivity index (χ2n) is 4.68.